The number of nitrogens with zero attached hydrogens (tertiary/aromatic N) is 2. The quantitative estimate of drug-likeness (QED) is 0.901. The fourth-order valence-corrected chi connectivity index (χ4v) is 2.81. The van der Waals surface area contributed by atoms with E-state index in [1.807, 2.05) is 24.3 Å². The topological polar surface area (TPSA) is 39.1 Å². The van der Waals surface area contributed by atoms with Crippen molar-refractivity contribution >= 4 is 5.69 Å². The van der Waals surface area contributed by atoms with E-state index in [9.17, 15) is 0 Å². The number of anilines is 1. The Bertz CT molecular complexity index is 432. The van der Waals surface area contributed by atoms with Crippen molar-refractivity contribution in [3.8, 4) is 6.07 Å². The molecule has 102 valence electrons. The Balaban J connectivity index is 1.92. The van der Waals surface area contributed by atoms with Crippen LogP contribution in [-0.4, -0.2) is 30.6 Å². The Morgan fingerprint density at radius 2 is 2.16 bits per heavy atom. The van der Waals surface area contributed by atoms with Crippen molar-refractivity contribution in [2.45, 2.75) is 32.7 Å². The molecule has 0 radical (unpaired) electrons. The first-order valence-corrected chi connectivity index (χ1v) is 7.22. The first-order valence-electron chi connectivity index (χ1n) is 7.22. The van der Waals surface area contributed by atoms with Crippen LogP contribution in [0.2, 0.25) is 0 Å². The van der Waals surface area contributed by atoms with Gasteiger partial charge in [0.25, 0.3) is 0 Å². The number of hydrogen-bond acceptors (Lipinski definition) is 3. The molecule has 1 aliphatic heterocycles. The highest BCUT2D eigenvalue weighted by Gasteiger charge is 2.23. The number of piperidine rings is 1. The van der Waals surface area contributed by atoms with Crippen LogP contribution in [0.5, 0.6) is 0 Å². The SMILES string of the molecule is CCN1CCCC(C(C)Nc2ccc(C#N)cc2)C1. The highest BCUT2D eigenvalue weighted by molar-refractivity contribution is 5.47. The van der Waals surface area contributed by atoms with Crippen LogP contribution in [0.1, 0.15) is 32.3 Å². The normalized spacial score (nSPS) is 21.6. The highest BCUT2D eigenvalue weighted by atomic mass is 15.1. The Kier molecular flexibility index (Phi) is 4.81. The number of nitrogens with one attached hydrogen (secondary N) is 1. The van der Waals surface area contributed by atoms with Crippen molar-refractivity contribution in [1.82, 2.24) is 4.90 Å². The number of nitriles is 1. The molecule has 1 fully saturated rings. The summed E-state index contributed by atoms with van der Waals surface area (Å²) >= 11 is 0. The molecule has 2 rings (SSSR count). The van der Waals surface area contributed by atoms with Crippen molar-refractivity contribution in [3.63, 3.8) is 0 Å². The molecule has 1 heterocycles. The van der Waals surface area contributed by atoms with Crippen molar-refractivity contribution in [2.75, 3.05) is 25.0 Å². The van der Waals surface area contributed by atoms with Gasteiger partial charge in [-0.2, -0.15) is 5.26 Å². The van der Waals surface area contributed by atoms with E-state index < -0.39 is 0 Å². The van der Waals surface area contributed by atoms with Gasteiger partial charge in [-0.3, -0.25) is 0 Å². The third kappa shape index (κ3) is 3.71. The fraction of sp³-hybridized carbons (Fsp3) is 0.562. The second-order valence-corrected chi connectivity index (χ2v) is 5.42. The van der Waals surface area contributed by atoms with Gasteiger partial charge in [-0.1, -0.05) is 6.92 Å². The van der Waals surface area contributed by atoms with Crippen molar-refractivity contribution in [3.05, 3.63) is 29.8 Å². The molecule has 0 aromatic heterocycles. The summed E-state index contributed by atoms with van der Waals surface area (Å²) in [6, 6.07) is 10.4. The van der Waals surface area contributed by atoms with Crippen molar-refractivity contribution < 1.29 is 0 Å². The minimum absolute atomic E-state index is 0.474. The van der Waals surface area contributed by atoms with Crippen LogP contribution in [0.15, 0.2) is 24.3 Å². The van der Waals surface area contributed by atoms with Gasteiger partial charge in [0, 0.05) is 18.3 Å². The molecule has 1 saturated heterocycles. The molecule has 0 amide bonds. The standard InChI is InChI=1S/C16H23N3/c1-3-19-10-4-5-15(12-19)13(2)18-16-8-6-14(11-17)7-9-16/h6-9,13,15,18H,3-5,10,12H2,1-2H3. The van der Waals surface area contributed by atoms with Crippen LogP contribution in [0, 0.1) is 17.2 Å². The lowest BCUT2D eigenvalue weighted by Gasteiger charge is -2.35. The molecule has 0 saturated carbocycles. The summed E-state index contributed by atoms with van der Waals surface area (Å²) in [5.41, 5.74) is 1.83. The molecular formula is C16H23N3. The zero-order valence-corrected chi connectivity index (χ0v) is 11.9. The Morgan fingerprint density at radius 3 is 2.79 bits per heavy atom. The van der Waals surface area contributed by atoms with Crippen LogP contribution < -0.4 is 5.32 Å². The number of likely N-dealkylation sites (tertiary alicyclic amines) is 1. The number of rotatable bonds is 4. The Morgan fingerprint density at radius 1 is 1.42 bits per heavy atom. The summed E-state index contributed by atoms with van der Waals surface area (Å²) in [6.07, 6.45) is 2.61. The summed E-state index contributed by atoms with van der Waals surface area (Å²) in [7, 11) is 0. The van der Waals surface area contributed by atoms with Crippen LogP contribution in [-0.2, 0) is 0 Å². The lowest BCUT2D eigenvalue weighted by atomic mass is 9.91. The maximum Gasteiger partial charge on any atom is 0.0991 e. The van der Waals surface area contributed by atoms with E-state index in [2.05, 4.69) is 30.1 Å². The molecule has 19 heavy (non-hydrogen) atoms. The molecule has 1 aromatic rings. The largest absolute Gasteiger partial charge is 0.382 e. The minimum Gasteiger partial charge on any atom is -0.382 e. The van der Waals surface area contributed by atoms with Gasteiger partial charge >= 0.3 is 0 Å². The number of benzene rings is 1. The fourth-order valence-electron chi connectivity index (χ4n) is 2.81. The monoisotopic (exact) mass is 257 g/mol. The molecule has 3 heteroatoms. The third-order valence-corrected chi connectivity index (χ3v) is 4.10. The molecule has 0 aliphatic carbocycles. The van der Waals surface area contributed by atoms with Crippen LogP contribution in [0.3, 0.4) is 0 Å². The second-order valence-electron chi connectivity index (χ2n) is 5.42. The molecule has 2 unspecified atom stereocenters. The Hall–Kier alpha value is -1.53. The maximum atomic E-state index is 8.79. The van der Waals surface area contributed by atoms with Gasteiger partial charge in [-0.25, -0.2) is 0 Å². The van der Waals surface area contributed by atoms with E-state index in [-0.39, 0.29) is 0 Å². The maximum absolute atomic E-state index is 8.79. The average Bonchev–Trinajstić information content (AvgIpc) is 2.48. The zero-order valence-electron chi connectivity index (χ0n) is 11.9. The van der Waals surface area contributed by atoms with Gasteiger partial charge in [-0.15, -0.1) is 0 Å². The first-order chi connectivity index (χ1) is 9.22. The molecular weight excluding hydrogens is 234 g/mol. The number of hydrogen-bond donors (Lipinski definition) is 1. The summed E-state index contributed by atoms with van der Waals surface area (Å²) in [5, 5.41) is 12.4. The van der Waals surface area contributed by atoms with E-state index >= 15 is 0 Å². The summed E-state index contributed by atoms with van der Waals surface area (Å²) in [4.78, 5) is 2.53. The summed E-state index contributed by atoms with van der Waals surface area (Å²) < 4.78 is 0. The van der Waals surface area contributed by atoms with Gasteiger partial charge in [0.2, 0.25) is 0 Å². The highest BCUT2D eigenvalue weighted by Crippen LogP contribution is 2.22. The second kappa shape index (κ2) is 6.58. The first kappa shape index (κ1) is 13.9. The van der Waals surface area contributed by atoms with Gasteiger partial charge in [0.1, 0.15) is 0 Å². The van der Waals surface area contributed by atoms with Crippen LogP contribution in [0.4, 0.5) is 5.69 Å². The van der Waals surface area contributed by atoms with Crippen molar-refractivity contribution in [2.24, 2.45) is 5.92 Å². The van der Waals surface area contributed by atoms with Gasteiger partial charge in [0.05, 0.1) is 11.6 Å². The van der Waals surface area contributed by atoms with Crippen LogP contribution in [0.25, 0.3) is 0 Å². The lowest BCUT2D eigenvalue weighted by molar-refractivity contribution is 0.172. The van der Waals surface area contributed by atoms with E-state index in [1.165, 1.54) is 25.9 Å². The molecule has 0 bridgehead atoms. The molecule has 0 spiro atoms. The van der Waals surface area contributed by atoms with Crippen LogP contribution >= 0.6 is 0 Å². The minimum atomic E-state index is 0.474. The predicted octanol–water partition coefficient (Wildman–Crippen LogP) is 3.09. The van der Waals surface area contributed by atoms with Gasteiger partial charge in [-0.05, 0) is 63.0 Å². The molecule has 1 aromatic carbocycles. The average molecular weight is 257 g/mol. The van der Waals surface area contributed by atoms with E-state index in [1.54, 1.807) is 0 Å². The zero-order chi connectivity index (χ0) is 13.7. The smallest absolute Gasteiger partial charge is 0.0991 e. The predicted molar refractivity (Wildman–Crippen MR) is 79.1 cm³/mol. The molecule has 1 N–H and O–H groups in total. The third-order valence-electron chi connectivity index (χ3n) is 4.10. The molecule has 2 atom stereocenters. The van der Waals surface area contributed by atoms with E-state index in [0.29, 0.717) is 17.5 Å². The van der Waals surface area contributed by atoms with Crippen molar-refractivity contribution in [1.29, 1.82) is 5.26 Å². The van der Waals surface area contributed by atoms with Gasteiger partial charge in [0.15, 0.2) is 0 Å². The van der Waals surface area contributed by atoms with E-state index in [0.717, 1.165) is 12.2 Å². The summed E-state index contributed by atoms with van der Waals surface area (Å²) in [6.45, 7) is 8.10. The van der Waals surface area contributed by atoms with Gasteiger partial charge < -0.3 is 10.2 Å². The molecule has 1 aliphatic rings. The molecule has 3 nitrogen and oxygen atoms in total. The Labute approximate surface area is 116 Å². The summed E-state index contributed by atoms with van der Waals surface area (Å²) in [5.74, 6) is 0.712. The van der Waals surface area contributed by atoms with E-state index in [4.69, 9.17) is 5.26 Å². The lowest BCUT2D eigenvalue weighted by Crippen LogP contribution is -2.41.